The fraction of sp³-hybridized carbons (Fsp3) is 0.231. The van der Waals surface area contributed by atoms with Gasteiger partial charge in [0.05, 0.1) is 0 Å². The second-order valence-corrected chi connectivity index (χ2v) is 3.79. The van der Waals surface area contributed by atoms with Crippen LogP contribution in [-0.2, 0) is 6.42 Å². The van der Waals surface area contributed by atoms with Crippen LogP contribution in [0.3, 0.4) is 0 Å². The second kappa shape index (κ2) is 5.44. The summed E-state index contributed by atoms with van der Waals surface area (Å²) in [7, 11) is 1.81. The lowest BCUT2D eigenvalue weighted by Crippen LogP contribution is -2.03. The second-order valence-electron chi connectivity index (χ2n) is 3.79. The van der Waals surface area contributed by atoms with Crippen molar-refractivity contribution in [2.24, 2.45) is 0 Å². The Balaban J connectivity index is 2.25. The van der Waals surface area contributed by atoms with Crippen molar-refractivity contribution in [3.8, 4) is 0 Å². The van der Waals surface area contributed by atoms with Gasteiger partial charge in [-0.25, -0.2) is 14.4 Å². The lowest BCUT2D eigenvalue weighted by Gasteiger charge is -2.09. The first kappa shape index (κ1) is 12.3. The molecule has 0 amide bonds. The van der Waals surface area contributed by atoms with E-state index in [4.69, 9.17) is 0 Å². The van der Waals surface area contributed by atoms with E-state index in [1.807, 2.05) is 20.0 Å². The van der Waals surface area contributed by atoms with E-state index >= 15 is 0 Å². The lowest BCUT2D eigenvalue weighted by atomic mass is 10.3. The van der Waals surface area contributed by atoms with Crippen LogP contribution in [0.5, 0.6) is 0 Å². The Labute approximate surface area is 105 Å². The van der Waals surface area contributed by atoms with Crippen LogP contribution in [0.15, 0.2) is 30.3 Å². The van der Waals surface area contributed by atoms with E-state index in [9.17, 15) is 4.39 Å². The van der Waals surface area contributed by atoms with Gasteiger partial charge in [0.1, 0.15) is 23.3 Å². The van der Waals surface area contributed by atoms with E-state index in [2.05, 4.69) is 20.6 Å². The van der Waals surface area contributed by atoms with Crippen LogP contribution >= 0.6 is 0 Å². The molecule has 0 saturated carbocycles. The molecule has 0 bridgehead atoms. The molecule has 1 aromatic carbocycles. The van der Waals surface area contributed by atoms with Crippen molar-refractivity contribution in [1.29, 1.82) is 0 Å². The molecule has 0 aliphatic rings. The average molecular weight is 246 g/mol. The number of aryl methyl sites for hydroxylation is 1. The molecule has 2 rings (SSSR count). The van der Waals surface area contributed by atoms with Crippen molar-refractivity contribution in [1.82, 2.24) is 9.97 Å². The van der Waals surface area contributed by atoms with Crippen LogP contribution in [0.25, 0.3) is 0 Å². The maximum Gasteiger partial charge on any atom is 0.136 e. The molecule has 94 valence electrons. The largest absolute Gasteiger partial charge is 0.373 e. The maximum absolute atomic E-state index is 12.8. The number of hydrogen-bond acceptors (Lipinski definition) is 4. The van der Waals surface area contributed by atoms with Gasteiger partial charge in [-0.2, -0.15) is 0 Å². The molecule has 0 saturated heterocycles. The van der Waals surface area contributed by atoms with Crippen LogP contribution in [-0.4, -0.2) is 17.0 Å². The third-order valence-electron chi connectivity index (χ3n) is 2.46. The SMILES string of the molecule is CCc1nc(NC)cc(Nc2ccc(F)cc2)n1. The summed E-state index contributed by atoms with van der Waals surface area (Å²) in [5.74, 6) is 1.95. The predicted octanol–water partition coefficient (Wildman–Crippen LogP) is 2.96. The summed E-state index contributed by atoms with van der Waals surface area (Å²) in [5, 5.41) is 6.11. The topological polar surface area (TPSA) is 49.8 Å². The Morgan fingerprint density at radius 1 is 1.11 bits per heavy atom. The van der Waals surface area contributed by atoms with Gasteiger partial charge in [-0.1, -0.05) is 6.92 Å². The molecule has 0 atom stereocenters. The molecule has 0 radical (unpaired) electrons. The monoisotopic (exact) mass is 246 g/mol. The van der Waals surface area contributed by atoms with Crippen molar-refractivity contribution in [3.05, 3.63) is 42.0 Å². The van der Waals surface area contributed by atoms with Gasteiger partial charge in [0.25, 0.3) is 0 Å². The summed E-state index contributed by atoms with van der Waals surface area (Å²) in [6, 6.07) is 7.96. The first-order valence-electron chi connectivity index (χ1n) is 5.79. The third kappa shape index (κ3) is 2.94. The van der Waals surface area contributed by atoms with Crippen molar-refractivity contribution < 1.29 is 4.39 Å². The molecule has 1 heterocycles. The summed E-state index contributed by atoms with van der Waals surface area (Å²) >= 11 is 0. The standard InChI is InChI=1S/C13H15FN4/c1-3-11-17-12(15-2)8-13(18-11)16-10-6-4-9(14)5-7-10/h4-8H,3H2,1-2H3,(H2,15,16,17,18). The minimum atomic E-state index is -0.256. The summed E-state index contributed by atoms with van der Waals surface area (Å²) in [6.45, 7) is 2.00. The van der Waals surface area contributed by atoms with Gasteiger partial charge < -0.3 is 10.6 Å². The zero-order chi connectivity index (χ0) is 13.0. The molecule has 2 aromatic rings. The van der Waals surface area contributed by atoms with Crippen molar-refractivity contribution in [2.75, 3.05) is 17.7 Å². The Hall–Kier alpha value is -2.17. The summed E-state index contributed by atoms with van der Waals surface area (Å²) in [5.41, 5.74) is 0.791. The zero-order valence-corrected chi connectivity index (χ0v) is 10.4. The first-order chi connectivity index (χ1) is 8.71. The number of halogens is 1. The van der Waals surface area contributed by atoms with Gasteiger partial charge in [-0.15, -0.1) is 0 Å². The first-order valence-corrected chi connectivity index (χ1v) is 5.79. The highest BCUT2D eigenvalue weighted by Gasteiger charge is 2.03. The lowest BCUT2D eigenvalue weighted by molar-refractivity contribution is 0.628. The summed E-state index contributed by atoms with van der Waals surface area (Å²) in [4.78, 5) is 8.67. The molecule has 0 aliphatic carbocycles. The predicted molar refractivity (Wildman–Crippen MR) is 70.6 cm³/mol. The van der Waals surface area contributed by atoms with Crippen molar-refractivity contribution in [3.63, 3.8) is 0 Å². The number of nitrogens with one attached hydrogen (secondary N) is 2. The summed E-state index contributed by atoms with van der Waals surface area (Å²) < 4.78 is 12.8. The number of hydrogen-bond donors (Lipinski definition) is 2. The minimum absolute atomic E-state index is 0.256. The fourth-order valence-electron chi connectivity index (χ4n) is 1.53. The van der Waals surface area contributed by atoms with Gasteiger partial charge in [0.15, 0.2) is 0 Å². The zero-order valence-electron chi connectivity index (χ0n) is 10.4. The van der Waals surface area contributed by atoms with Crippen LogP contribution in [0, 0.1) is 5.82 Å². The Kier molecular flexibility index (Phi) is 3.72. The van der Waals surface area contributed by atoms with E-state index in [0.29, 0.717) is 5.82 Å². The molecule has 0 aliphatic heterocycles. The van der Waals surface area contributed by atoms with E-state index in [-0.39, 0.29) is 5.82 Å². The van der Waals surface area contributed by atoms with Crippen LogP contribution in [0.2, 0.25) is 0 Å². The number of benzene rings is 1. The minimum Gasteiger partial charge on any atom is -0.373 e. The molecule has 0 unspecified atom stereocenters. The average Bonchev–Trinajstić information content (AvgIpc) is 2.41. The Morgan fingerprint density at radius 2 is 1.78 bits per heavy atom. The highest BCUT2D eigenvalue weighted by molar-refractivity contribution is 5.58. The van der Waals surface area contributed by atoms with Gasteiger partial charge >= 0.3 is 0 Å². The molecule has 18 heavy (non-hydrogen) atoms. The molecule has 4 nitrogen and oxygen atoms in total. The van der Waals surface area contributed by atoms with E-state index in [0.717, 1.165) is 23.8 Å². The molecular weight excluding hydrogens is 231 g/mol. The van der Waals surface area contributed by atoms with Gasteiger partial charge in [0, 0.05) is 25.2 Å². The Bertz CT molecular complexity index is 503. The summed E-state index contributed by atoms with van der Waals surface area (Å²) in [6.07, 6.45) is 0.758. The smallest absolute Gasteiger partial charge is 0.136 e. The number of anilines is 3. The maximum atomic E-state index is 12.8. The van der Waals surface area contributed by atoms with Crippen molar-refractivity contribution in [2.45, 2.75) is 13.3 Å². The van der Waals surface area contributed by atoms with Crippen LogP contribution < -0.4 is 10.6 Å². The van der Waals surface area contributed by atoms with E-state index in [1.54, 1.807) is 12.1 Å². The molecular formula is C13H15FN4. The van der Waals surface area contributed by atoms with Crippen LogP contribution in [0.4, 0.5) is 21.7 Å². The number of nitrogens with zero attached hydrogens (tertiary/aromatic N) is 2. The molecule has 1 aromatic heterocycles. The van der Waals surface area contributed by atoms with E-state index in [1.165, 1.54) is 12.1 Å². The quantitative estimate of drug-likeness (QED) is 0.870. The van der Waals surface area contributed by atoms with Gasteiger partial charge in [-0.05, 0) is 24.3 Å². The number of rotatable bonds is 4. The normalized spacial score (nSPS) is 10.2. The molecule has 5 heteroatoms. The van der Waals surface area contributed by atoms with Crippen molar-refractivity contribution >= 4 is 17.3 Å². The molecule has 0 fully saturated rings. The van der Waals surface area contributed by atoms with Crippen LogP contribution in [0.1, 0.15) is 12.7 Å². The Morgan fingerprint density at radius 3 is 2.39 bits per heavy atom. The van der Waals surface area contributed by atoms with Gasteiger partial charge in [0.2, 0.25) is 0 Å². The van der Waals surface area contributed by atoms with Gasteiger partial charge in [-0.3, -0.25) is 0 Å². The van der Waals surface area contributed by atoms with E-state index < -0.39 is 0 Å². The third-order valence-corrected chi connectivity index (χ3v) is 2.46. The number of aromatic nitrogens is 2. The highest BCUT2D eigenvalue weighted by Crippen LogP contribution is 2.17. The highest BCUT2D eigenvalue weighted by atomic mass is 19.1. The molecule has 2 N–H and O–H groups in total. The molecule has 0 spiro atoms. The fourth-order valence-corrected chi connectivity index (χ4v) is 1.53.